The van der Waals surface area contributed by atoms with Gasteiger partial charge in [-0.2, -0.15) is 0 Å². The summed E-state index contributed by atoms with van der Waals surface area (Å²) in [7, 11) is 1.70. The van der Waals surface area contributed by atoms with Gasteiger partial charge in [-0.1, -0.05) is 12.1 Å². The molecule has 0 radical (unpaired) electrons. The molecule has 1 amide bonds. The summed E-state index contributed by atoms with van der Waals surface area (Å²) in [4.78, 5) is 12.4. The number of nitrogens with zero attached hydrogens (tertiary/aromatic N) is 3. The van der Waals surface area contributed by atoms with Crippen LogP contribution in [0.15, 0.2) is 36.9 Å². The Hall–Kier alpha value is -2.21. The molecule has 0 spiro atoms. The second kappa shape index (κ2) is 5.65. The Labute approximate surface area is 123 Å². The minimum absolute atomic E-state index is 0.0818. The van der Waals surface area contributed by atoms with Crippen LogP contribution in [0.2, 0.25) is 0 Å². The van der Waals surface area contributed by atoms with E-state index in [1.807, 2.05) is 18.2 Å². The molecule has 21 heavy (non-hydrogen) atoms. The second-order valence-electron chi connectivity index (χ2n) is 5.50. The molecule has 6 heteroatoms. The van der Waals surface area contributed by atoms with E-state index >= 15 is 0 Å². The maximum Gasteiger partial charge on any atom is 0.253 e. The van der Waals surface area contributed by atoms with Crippen molar-refractivity contribution in [3.63, 3.8) is 0 Å². The largest absolute Gasteiger partial charge is 0.384 e. The van der Waals surface area contributed by atoms with Crippen LogP contribution in [0.1, 0.15) is 23.2 Å². The molecular formula is C15H18N4O2. The Morgan fingerprint density at radius 2 is 2.05 bits per heavy atom. The van der Waals surface area contributed by atoms with Crippen molar-refractivity contribution in [2.75, 3.05) is 20.3 Å². The first-order valence-corrected chi connectivity index (χ1v) is 6.95. The molecule has 1 fully saturated rings. The third kappa shape index (κ3) is 2.95. The predicted molar refractivity (Wildman–Crippen MR) is 77.2 cm³/mol. The first kappa shape index (κ1) is 13.8. The zero-order valence-corrected chi connectivity index (χ0v) is 12.0. The SMILES string of the molecule is COCC1(CNC(=O)c2ccccc2-n2cnnc2)CC1. The highest BCUT2D eigenvalue weighted by Crippen LogP contribution is 2.45. The van der Waals surface area contributed by atoms with E-state index in [4.69, 9.17) is 4.74 Å². The molecule has 0 aliphatic heterocycles. The normalized spacial score (nSPS) is 15.7. The number of methoxy groups -OCH3 is 1. The van der Waals surface area contributed by atoms with Crippen molar-refractivity contribution in [1.29, 1.82) is 0 Å². The zero-order valence-electron chi connectivity index (χ0n) is 12.0. The van der Waals surface area contributed by atoms with Crippen LogP contribution < -0.4 is 5.32 Å². The average Bonchev–Trinajstić information content (AvgIpc) is 3.06. The van der Waals surface area contributed by atoms with Gasteiger partial charge in [0.15, 0.2) is 0 Å². The van der Waals surface area contributed by atoms with Crippen LogP contribution in [0.5, 0.6) is 0 Å². The molecule has 1 heterocycles. The van der Waals surface area contributed by atoms with Crippen LogP contribution in [0, 0.1) is 5.41 Å². The summed E-state index contributed by atoms with van der Waals surface area (Å²) in [6.45, 7) is 1.34. The lowest BCUT2D eigenvalue weighted by molar-refractivity contribution is 0.0919. The van der Waals surface area contributed by atoms with Crippen LogP contribution in [0.25, 0.3) is 5.69 Å². The quantitative estimate of drug-likeness (QED) is 0.872. The van der Waals surface area contributed by atoms with Gasteiger partial charge >= 0.3 is 0 Å². The summed E-state index contributed by atoms with van der Waals surface area (Å²) in [5.41, 5.74) is 1.53. The lowest BCUT2D eigenvalue weighted by Crippen LogP contribution is -2.32. The van der Waals surface area contributed by atoms with Crippen LogP contribution in [0.4, 0.5) is 0 Å². The molecule has 1 N–H and O–H groups in total. The van der Waals surface area contributed by atoms with Gasteiger partial charge in [0.25, 0.3) is 5.91 Å². The number of rotatable bonds is 6. The topological polar surface area (TPSA) is 69.0 Å². The Morgan fingerprint density at radius 1 is 1.33 bits per heavy atom. The molecule has 110 valence electrons. The molecule has 2 aromatic rings. The van der Waals surface area contributed by atoms with Gasteiger partial charge in [0.2, 0.25) is 0 Å². The molecule has 0 saturated heterocycles. The molecule has 1 saturated carbocycles. The zero-order chi connectivity index (χ0) is 14.7. The fourth-order valence-electron chi connectivity index (χ4n) is 2.43. The van der Waals surface area contributed by atoms with Crippen molar-refractivity contribution < 1.29 is 9.53 Å². The summed E-state index contributed by atoms with van der Waals surface area (Å²) in [6, 6.07) is 7.42. The van der Waals surface area contributed by atoms with E-state index in [2.05, 4.69) is 15.5 Å². The van der Waals surface area contributed by atoms with Crippen LogP contribution >= 0.6 is 0 Å². The lowest BCUT2D eigenvalue weighted by atomic mass is 10.1. The van der Waals surface area contributed by atoms with E-state index in [0.717, 1.165) is 18.5 Å². The first-order chi connectivity index (χ1) is 10.2. The van der Waals surface area contributed by atoms with E-state index in [1.165, 1.54) is 0 Å². The molecule has 3 rings (SSSR count). The number of carbonyl (C=O) groups is 1. The van der Waals surface area contributed by atoms with Crippen molar-refractivity contribution in [2.24, 2.45) is 5.41 Å². The van der Waals surface area contributed by atoms with E-state index in [1.54, 1.807) is 30.4 Å². The molecule has 6 nitrogen and oxygen atoms in total. The summed E-state index contributed by atoms with van der Waals surface area (Å²) in [5.74, 6) is -0.0818. The minimum Gasteiger partial charge on any atom is -0.384 e. The summed E-state index contributed by atoms with van der Waals surface area (Å²) in [5, 5.41) is 10.6. The average molecular weight is 286 g/mol. The summed E-state index contributed by atoms with van der Waals surface area (Å²) in [6.07, 6.45) is 5.38. The van der Waals surface area contributed by atoms with Gasteiger partial charge in [0.1, 0.15) is 12.7 Å². The van der Waals surface area contributed by atoms with Gasteiger partial charge in [-0.15, -0.1) is 10.2 Å². The second-order valence-corrected chi connectivity index (χ2v) is 5.50. The highest BCUT2D eigenvalue weighted by molar-refractivity contribution is 5.97. The third-order valence-electron chi connectivity index (χ3n) is 3.88. The number of para-hydroxylation sites is 1. The van der Waals surface area contributed by atoms with Crippen molar-refractivity contribution >= 4 is 5.91 Å². The number of carbonyl (C=O) groups excluding carboxylic acids is 1. The maximum absolute atomic E-state index is 12.4. The van der Waals surface area contributed by atoms with Crippen molar-refractivity contribution in [3.05, 3.63) is 42.5 Å². The van der Waals surface area contributed by atoms with Crippen molar-refractivity contribution in [1.82, 2.24) is 20.1 Å². The lowest BCUT2D eigenvalue weighted by Gasteiger charge is -2.16. The number of ether oxygens (including phenoxy) is 1. The molecule has 1 aliphatic carbocycles. The Kier molecular flexibility index (Phi) is 3.70. The van der Waals surface area contributed by atoms with Crippen LogP contribution in [-0.4, -0.2) is 40.9 Å². The Balaban J connectivity index is 1.73. The summed E-state index contributed by atoms with van der Waals surface area (Å²) < 4.78 is 6.95. The van der Waals surface area contributed by atoms with Gasteiger partial charge in [-0.05, 0) is 25.0 Å². The van der Waals surface area contributed by atoms with Gasteiger partial charge < -0.3 is 10.1 Å². The van der Waals surface area contributed by atoms with Gasteiger partial charge in [0.05, 0.1) is 17.9 Å². The molecule has 0 unspecified atom stereocenters. The molecule has 1 aromatic heterocycles. The fraction of sp³-hybridized carbons (Fsp3) is 0.400. The minimum atomic E-state index is -0.0818. The number of hydrogen-bond acceptors (Lipinski definition) is 4. The molecule has 0 bridgehead atoms. The van der Waals surface area contributed by atoms with E-state index in [-0.39, 0.29) is 11.3 Å². The Morgan fingerprint density at radius 3 is 2.71 bits per heavy atom. The maximum atomic E-state index is 12.4. The standard InChI is InChI=1S/C15H18N4O2/c1-21-9-15(6-7-15)8-16-14(20)12-4-2-3-5-13(12)19-10-17-18-11-19/h2-5,10-11H,6-9H2,1H3,(H,16,20). The highest BCUT2D eigenvalue weighted by Gasteiger charge is 2.42. The molecule has 1 aliphatic rings. The molecule has 1 aromatic carbocycles. The molecule has 0 atom stereocenters. The van der Waals surface area contributed by atoms with Crippen LogP contribution in [0.3, 0.4) is 0 Å². The number of hydrogen-bond donors (Lipinski definition) is 1. The van der Waals surface area contributed by atoms with E-state index in [9.17, 15) is 4.79 Å². The van der Waals surface area contributed by atoms with E-state index < -0.39 is 0 Å². The van der Waals surface area contributed by atoms with Crippen molar-refractivity contribution in [2.45, 2.75) is 12.8 Å². The number of aromatic nitrogens is 3. The summed E-state index contributed by atoms with van der Waals surface area (Å²) >= 11 is 0. The first-order valence-electron chi connectivity index (χ1n) is 6.95. The van der Waals surface area contributed by atoms with Gasteiger partial charge in [-0.3, -0.25) is 9.36 Å². The smallest absolute Gasteiger partial charge is 0.253 e. The number of nitrogens with one attached hydrogen (secondary N) is 1. The number of benzene rings is 1. The van der Waals surface area contributed by atoms with Crippen LogP contribution in [-0.2, 0) is 4.74 Å². The van der Waals surface area contributed by atoms with Gasteiger partial charge in [-0.25, -0.2) is 0 Å². The third-order valence-corrected chi connectivity index (χ3v) is 3.88. The van der Waals surface area contributed by atoms with E-state index in [0.29, 0.717) is 18.7 Å². The molecular weight excluding hydrogens is 268 g/mol. The Bertz CT molecular complexity index is 620. The van der Waals surface area contributed by atoms with Gasteiger partial charge in [0, 0.05) is 19.1 Å². The monoisotopic (exact) mass is 286 g/mol. The highest BCUT2D eigenvalue weighted by atomic mass is 16.5. The number of amides is 1. The van der Waals surface area contributed by atoms with Crippen molar-refractivity contribution in [3.8, 4) is 5.69 Å². The predicted octanol–water partition coefficient (Wildman–Crippen LogP) is 1.42. The fourth-order valence-corrected chi connectivity index (χ4v) is 2.43.